The standard InChI is InChI=1S/C26H29N3O4/c1-6-29-25(20-12-11-19(32-5)13-15(20)2)27-16(3)23(26(29)31)28-24-21-10-8-7-9-18(21)14-22(24)33-17(4)30/h7-13,22,24,28H,6,14H2,1-5H3/t22-,24-/m0/s1. The van der Waals surface area contributed by atoms with E-state index in [1.807, 2.05) is 63.2 Å². The molecule has 0 aliphatic heterocycles. The average molecular weight is 448 g/mol. The number of esters is 1. The first-order valence-electron chi connectivity index (χ1n) is 11.1. The molecule has 4 rings (SSSR count). The van der Waals surface area contributed by atoms with E-state index in [1.165, 1.54) is 6.92 Å². The molecule has 2 atom stereocenters. The molecule has 7 nitrogen and oxygen atoms in total. The van der Waals surface area contributed by atoms with Crippen LogP contribution in [0.1, 0.15) is 42.3 Å². The van der Waals surface area contributed by atoms with Crippen LogP contribution in [0.3, 0.4) is 0 Å². The van der Waals surface area contributed by atoms with Crippen LogP contribution in [0.15, 0.2) is 47.3 Å². The zero-order chi connectivity index (χ0) is 23.7. The number of aryl methyl sites for hydroxylation is 2. The van der Waals surface area contributed by atoms with E-state index in [0.717, 1.165) is 28.0 Å². The molecule has 3 aromatic rings. The van der Waals surface area contributed by atoms with Crippen LogP contribution in [0.25, 0.3) is 11.4 Å². The fraction of sp³-hybridized carbons (Fsp3) is 0.346. The molecule has 33 heavy (non-hydrogen) atoms. The fourth-order valence-electron chi connectivity index (χ4n) is 4.55. The number of carbonyl (C=O) groups excluding carboxylic acids is 1. The lowest BCUT2D eigenvalue weighted by Crippen LogP contribution is -2.32. The maximum atomic E-state index is 13.6. The van der Waals surface area contributed by atoms with Crippen molar-refractivity contribution in [3.63, 3.8) is 0 Å². The van der Waals surface area contributed by atoms with Crippen molar-refractivity contribution in [1.29, 1.82) is 0 Å². The molecule has 0 amide bonds. The van der Waals surface area contributed by atoms with Crippen LogP contribution in [0, 0.1) is 13.8 Å². The maximum Gasteiger partial charge on any atom is 0.302 e. The van der Waals surface area contributed by atoms with Gasteiger partial charge in [0.25, 0.3) is 5.56 Å². The number of nitrogens with zero attached hydrogens (tertiary/aromatic N) is 2. The number of nitrogens with one attached hydrogen (secondary N) is 1. The summed E-state index contributed by atoms with van der Waals surface area (Å²) in [5.74, 6) is 1.04. The smallest absolute Gasteiger partial charge is 0.302 e. The second-order valence-electron chi connectivity index (χ2n) is 8.30. The van der Waals surface area contributed by atoms with E-state index in [1.54, 1.807) is 11.7 Å². The van der Waals surface area contributed by atoms with Gasteiger partial charge in [-0.25, -0.2) is 4.98 Å². The molecule has 0 saturated heterocycles. The molecule has 1 heterocycles. The van der Waals surface area contributed by atoms with Crippen molar-refractivity contribution in [3.05, 3.63) is 75.2 Å². The highest BCUT2D eigenvalue weighted by Crippen LogP contribution is 2.36. The Hall–Kier alpha value is -3.61. The van der Waals surface area contributed by atoms with E-state index in [9.17, 15) is 9.59 Å². The van der Waals surface area contributed by atoms with Crippen LogP contribution >= 0.6 is 0 Å². The van der Waals surface area contributed by atoms with Crippen molar-refractivity contribution in [2.75, 3.05) is 12.4 Å². The molecule has 1 aliphatic carbocycles. The van der Waals surface area contributed by atoms with Crippen molar-refractivity contribution in [1.82, 2.24) is 9.55 Å². The van der Waals surface area contributed by atoms with Crippen LogP contribution in [-0.4, -0.2) is 28.7 Å². The molecule has 0 radical (unpaired) electrons. The lowest BCUT2D eigenvalue weighted by molar-refractivity contribution is -0.146. The van der Waals surface area contributed by atoms with Gasteiger partial charge in [0.15, 0.2) is 0 Å². The van der Waals surface area contributed by atoms with Gasteiger partial charge in [0, 0.05) is 25.5 Å². The number of aromatic nitrogens is 2. The summed E-state index contributed by atoms with van der Waals surface area (Å²) in [5, 5.41) is 3.38. The first-order chi connectivity index (χ1) is 15.8. The highest BCUT2D eigenvalue weighted by Gasteiger charge is 2.35. The van der Waals surface area contributed by atoms with Gasteiger partial charge in [-0.1, -0.05) is 24.3 Å². The van der Waals surface area contributed by atoms with Crippen LogP contribution in [-0.2, 0) is 22.5 Å². The van der Waals surface area contributed by atoms with E-state index in [2.05, 4.69) is 5.32 Å². The van der Waals surface area contributed by atoms with E-state index >= 15 is 0 Å². The van der Waals surface area contributed by atoms with Gasteiger partial charge in [0.1, 0.15) is 23.4 Å². The molecule has 172 valence electrons. The van der Waals surface area contributed by atoms with Gasteiger partial charge in [0.2, 0.25) is 0 Å². The molecule has 7 heteroatoms. The van der Waals surface area contributed by atoms with Gasteiger partial charge in [-0.2, -0.15) is 0 Å². The summed E-state index contributed by atoms with van der Waals surface area (Å²) in [5.41, 5.74) is 4.86. The number of carbonyl (C=O) groups is 1. The maximum absolute atomic E-state index is 13.6. The second-order valence-corrected chi connectivity index (χ2v) is 8.30. The normalized spacial score (nSPS) is 16.9. The van der Waals surface area contributed by atoms with Gasteiger partial charge >= 0.3 is 5.97 Å². The molecule has 0 saturated carbocycles. The number of anilines is 1. The predicted molar refractivity (Wildman–Crippen MR) is 128 cm³/mol. The largest absolute Gasteiger partial charge is 0.497 e. The van der Waals surface area contributed by atoms with Crippen molar-refractivity contribution in [2.45, 2.75) is 52.8 Å². The van der Waals surface area contributed by atoms with E-state index in [0.29, 0.717) is 30.2 Å². The Morgan fingerprint density at radius 3 is 2.64 bits per heavy atom. The number of benzene rings is 2. The van der Waals surface area contributed by atoms with Gasteiger partial charge < -0.3 is 14.8 Å². The molecule has 1 aliphatic rings. The number of hydrogen-bond donors (Lipinski definition) is 1. The lowest BCUT2D eigenvalue weighted by Gasteiger charge is -2.24. The monoisotopic (exact) mass is 447 g/mol. The number of rotatable bonds is 6. The molecular formula is C26H29N3O4. The molecule has 0 unspecified atom stereocenters. The summed E-state index contributed by atoms with van der Waals surface area (Å²) in [4.78, 5) is 30.2. The third-order valence-corrected chi connectivity index (χ3v) is 6.14. The van der Waals surface area contributed by atoms with Crippen molar-refractivity contribution >= 4 is 11.7 Å². The highest BCUT2D eigenvalue weighted by atomic mass is 16.5. The topological polar surface area (TPSA) is 82.4 Å². The van der Waals surface area contributed by atoms with Crippen LogP contribution < -0.4 is 15.6 Å². The van der Waals surface area contributed by atoms with Crippen LogP contribution in [0.2, 0.25) is 0 Å². The highest BCUT2D eigenvalue weighted by molar-refractivity contribution is 5.67. The Kier molecular flexibility index (Phi) is 6.22. The summed E-state index contributed by atoms with van der Waals surface area (Å²) in [6.45, 7) is 7.61. The molecule has 0 fully saturated rings. The van der Waals surface area contributed by atoms with Gasteiger partial charge in [-0.3, -0.25) is 14.2 Å². The summed E-state index contributed by atoms with van der Waals surface area (Å²) >= 11 is 0. The minimum absolute atomic E-state index is 0.152. The Balaban J connectivity index is 1.78. The minimum Gasteiger partial charge on any atom is -0.497 e. The van der Waals surface area contributed by atoms with Crippen molar-refractivity contribution in [2.24, 2.45) is 0 Å². The molecule has 1 N–H and O–H groups in total. The number of ether oxygens (including phenoxy) is 2. The minimum atomic E-state index is -0.391. The Morgan fingerprint density at radius 2 is 1.97 bits per heavy atom. The van der Waals surface area contributed by atoms with Crippen LogP contribution in [0.5, 0.6) is 5.75 Å². The summed E-state index contributed by atoms with van der Waals surface area (Å²) in [7, 11) is 1.63. The van der Waals surface area contributed by atoms with Crippen molar-refractivity contribution < 1.29 is 14.3 Å². The summed E-state index contributed by atoms with van der Waals surface area (Å²) < 4.78 is 12.6. The van der Waals surface area contributed by atoms with Crippen LogP contribution in [0.4, 0.5) is 5.69 Å². The summed E-state index contributed by atoms with van der Waals surface area (Å²) in [6.07, 6.45) is 0.211. The lowest BCUT2D eigenvalue weighted by atomic mass is 10.1. The predicted octanol–water partition coefficient (Wildman–Crippen LogP) is 4.20. The molecule has 1 aromatic heterocycles. The average Bonchev–Trinajstić information content (AvgIpc) is 3.12. The van der Waals surface area contributed by atoms with Gasteiger partial charge in [-0.15, -0.1) is 0 Å². The van der Waals surface area contributed by atoms with E-state index in [-0.39, 0.29) is 17.6 Å². The third-order valence-electron chi connectivity index (χ3n) is 6.14. The SMILES string of the molecule is CCn1c(-c2ccc(OC)cc2C)nc(C)c(N[C@H]2c3ccccc3C[C@@H]2OC(C)=O)c1=O. The van der Waals surface area contributed by atoms with Gasteiger partial charge in [0.05, 0.1) is 18.8 Å². The first kappa shape index (κ1) is 22.6. The second kappa shape index (κ2) is 9.10. The summed E-state index contributed by atoms with van der Waals surface area (Å²) in [6, 6.07) is 13.4. The molecule has 0 bridgehead atoms. The number of hydrogen-bond acceptors (Lipinski definition) is 6. The number of methoxy groups -OCH3 is 1. The molecule has 2 aromatic carbocycles. The van der Waals surface area contributed by atoms with Gasteiger partial charge in [-0.05, 0) is 55.7 Å². The van der Waals surface area contributed by atoms with E-state index < -0.39 is 6.10 Å². The zero-order valence-electron chi connectivity index (χ0n) is 19.6. The molecular weight excluding hydrogens is 418 g/mol. The Labute approximate surface area is 193 Å². The van der Waals surface area contributed by atoms with E-state index in [4.69, 9.17) is 14.5 Å². The Bertz CT molecular complexity index is 1260. The van der Waals surface area contributed by atoms with Crippen molar-refractivity contribution in [3.8, 4) is 17.1 Å². The third kappa shape index (κ3) is 4.23. The molecule has 0 spiro atoms. The quantitative estimate of drug-likeness (QED) is 0.571. The number of fused-ring (bicyclic) bond motifs is 1. The fourth-order valence-corrected chi connectivity index (χ4v) is 4.55. The first-order valence-corrected chi connectivity index (χ1v) is 11.1. The Morgan fingerprint density at radius 1 is 1.21 bits per heavy atom. The zero-order valence-corrected chi connectivity index (χ0v) is 19.6.